The van der Waals surface area contributed by atoms with Crippen LogP contribution in [0.25, 0.3) is 0 Å². The Labute approximate surface area is 98.8 Å². The van der Waals surface area contributed by atoms with Gasteiger partial charge in [-0.1, -0.05) is 0 Å². The van der Waals surface area contributed by atoms with Gasteiger partial charge in [0.1, 0.15) is 6.61 Å². The van der Waals surface area contributed by atoms with Crippen LogP contribution in [0.4, 0.5) is 5.88 Å². The second-order valence-corrected chi connectivity index (χ2v) is 3.09. The maximum Gasteiger partial charge on any atom is 0.362 e. The van der Waals surface area contributed by atoms with Gasteiger partial charge in [0, 0.05) is 7.11 Å². The molecule has 1 heterocycles. The minimum atomic E-state index is -0.600. The largest absolute Gasteiger partial charge is 0.461 e. The van der Waals surface area contributed by atoms with Crippen LogP contribution in [0.5, 0.6) is 0 Å². The number of nitrogens with zero attached hydrogens (tertiary/aromatic N) is 1. The lowest BCUT2D eigenvalue weighted by atomic mass is 10.4. The summed E-state index contributed by atoms with van der Waals surface area (Å²) in [4.78, 5) is 15.3. The quantitative estimate of drug-likeness (QED) is 0.554. The third kappa shape index (κ3) is 4.04. The van der Waals surface area contributed by atoms with Crippen molar-refractivity contribution in [1.29, 1.82) is 0 Å². The van der Waals surface area contributed by atoms with E-state index in [1.165, 1.54) is 0 Å². The van der Waals surface area contributed by atoms with Crippen LogP contribution in [-0.4, -0.2) is 37.9 Å². The van der Waals surface area contributed by atoms with Crippen molar-refractivity contribution in [2.24, 2.45) is 0 Å². The summed E-state index contributed by atoms with van der Waals surface area (Å²) in [6.45, 7) is 2.97. The van der Waals surface area contributed by atoms with E-state index in [-0.39, 0.29) is 30.7 Å². The lowest BCUT2D eigenvalue weighted by Gasteiger charge is -1.98. The Kier molecular flexibility index (Phi) is 5.44. The van der Waals surface area contributed by atoms with E-state index in [1.54, 1.807) is 14.0 Å². The van der Waals surface area contributed by atoms with Crippen molar-refractivity contribution in [2.45, 2.75) is 13.5 Å². The lowest BCUT2D eigenvalue weighted by Crippen LogP contribution is -2.08. The molecule has 7 nitrogen and oxygen atoms in total. The van der Waals surface area contributed by atoms with E-state index in [0.717, 1.165) is 0 Å². The molecule has 96 valence electrons. The zero-order chi connectivity index (χ0) is 12.7. The molecule has 0 saturated carbocycles. The molecule has 17 heavy (non-hydrogen) atoms. The number of methoxy groups -OCH3 is 1. The maximum atomic E-state index is 11.4. The van der Waals surface area contributed by atoms with Gasteiger partial charge in [0.15, 0.2) is 0 Å². The first-order valence-corrected chi connectivity index (χ1v) is 5.18. The highest BCUT2D eigenvalue weighted by Crippen LogP contribution is 2.15. The Morgan fingerprint density at radius 1 is 1.47 bits per heavy atom. The summed E-state index contributed by atoms with van der Waals surface area (Å²) < 4.78 is 19.8. The summed E-state index contributed by atoms with van der Waals surface area (Å²) in [5, 5.41) is 0. The molecule has 0 aliphatic carbocycles. The Morgan fingerprint density at radius 2 is 2.24 bits per heavy atom. The van der Waals surface area contributed by atoms with Gasteiger partial charge in [-0.2, -0.15) is 0 Å². The van der Waals surface area contributed by atoms with Crippen LogP contribution in [0.2, 0.25) is 0 Å². The van der Waals surface area contributed by atoms with Crippen molar-refractivity contribution in [3.8, 4) is 0 Å². The molecular weight excluding hydrogens is 228 g/mol. The summed E-state index contributed by atoms with van der Waals surface area (Å²) in [5.74, 6) is -0.424. The molecule has 0 radical (unpaired) electrons. The summed E-state index contributed by atoms with van der Waals surface area (Å²) in [7, 11) is 1.57. The molecule has 0 saturated heterocycles. The Bertz CT molecular complexity index is 364. The van der Waals surface area contributed by atoms with Crippen LogP contribution >= 0.6 is 0 Å². The maximum absolute atomic E-state index is 11.4. The van der Waals surface area contributed by atoms with Gasteiger partial charge in [0.25, 0.3) is 0 Å². The standard InChI is InChI=1S/C10H16N2O5/c1-3-16-10(13)8-9(11)17-7(12-8)6-15-5-4-14-2/h3-6,11H2,1-2H3. The molecule has 0 atom stereocenters. The average molecular weight is 244 g/mol. The number of aromatic nitrogens is 1. The number of oxazole rings is 1. The van der Waals surface area contributed by atoms with Crippen molar-refractivity contribution in [2.75, 3.05) is 32.7 Å². The van der Waals surface area contributed by atoms with Crippen LogP contribution in [0.3, 0.4) is 0 Å². The molecule has 0 fully saturated rings. The Balaban J connectivity index is 2.52. The molecule has 1 aromatic rings. The molecule has 2 N–H and O–H groups in total. The first-order valence-electron chi connectivity index (χ1n) is 5.18. The summed E-state index contributed by atoms with van der Waals surface area (Å²) in [6, 6.07) is 0. The molecule has 7 heteroatoms. The van der Waals surface area contributed by atoms with Crippen LogP contribution in [0, 0.1) is 0 Å². The number of hydrogen-bond donors (Lipinski definition) is 1. The summed E-state index contributed by atoms with van der Waals surface area (Å²) in [5.41, 5.74) is 5.48. The molecule has 1 rings (SSSR count). The van der Waals surface area contributed by atoms with Crippen molar-refractivity contribution in [3.05, 3.63) is 11.6 Å². The third-order valence-electron chi connectivity index (χ3n) is 1.82. The molecule has 0 aliphatic rings. The van der Waals surface area contributed by atoms with Crippen molar-refractivity contribution >= 4 is 11.9 Å². The Morgan fingerprint density at radius 3 is 2.88 bits per heavy atom. The van der Waals surface area contributed by atoms with Gasteiger partial charge in [-0.15, -0.1) is 0 Å². The highest BCUT2D eigenvalue weighted by atomic mass is 16.5. The average Bonchev–Trinajstić information content (AvgIpc) is 2.66. The molecule has 1 aromatic heterocycles. The first kappa shape index (κ1) is 13.5. The molecule has 0 bridgehead atoms. The lowest BCUT2D eigenvalue weighted by molar-refractivity contribution is 0.0507. The summed E-state index contributed by atoms with van der Waals surface area (Å²) >= 11 is 0. The monoisotopic (exact) mass is 244 g/mol. The summed E-state index contributed by atoms with van der Waals surface area (Å²) in [6.07, 6.45) is 0. The van der Waals surface area contributed by atoms with E-state index in [0.29, 0.717) is 13.2 Å². The van der Waals surface area contributed by atoms with Crippen LogP contribution in [0.1, 0.15) is 23.3 Å². The van der Waals surface area contributed by atoms with Crippen molar-refractivity contribution in [1.82, 2.24) is 4.98 Å². The van der Waals surface area contributed by atoms with E-state index < -0.39 is 5.97 Å². The number of hydrogen-bond acceptors (Lipinski definition) is 7. The van der Waals surface area contributed by atoms with Gasteiger partial charge < -0.3 is 24.4 Å². The predicted molar refractivity (Wildman–Crippen MR) is 58.4 cm³/mol. The fraction of sp³-hybridized carbons (Fsp3) is 0.600. The van der Waals surface area contributed by atoms with Gasteiger partial charge in [-0.25, -0.2) is 9.78 Å². The number of carbonyl (C=O) groups is 1. The molecule has 0 aliphatic heterocycles. The number of nitrogen functional groups attached to an aromatic ring is 1. The van der Waals surface area contributed by atoms with Gasteiger partial charge in [0.2, 0.25) is 17.5 Å². The SMILES string of the molecule is CCOC(=O)c1nc(COCCOC)oc1N. The Hall–Kier alpha value is -1.60. The number of ether oxygens (including phenoxy) is 3. The van der Waals surface area contributed by atoms with E-state index in [4.69, 9.17) is 24.4 Å². The highest BCUT2D eigenvalue weighted by Gasteiger charge is 2.18. The molecule has 0 aromatic carbocycles. The van der Waals surface area contributed by atoms with E-state index in [1.807, 2.05) is 0 Å². The number of carbonyl (C=O) groups excluding carboxylic acids is 1. The topological polar surface area (TPSA) is 96.8 Å². The predicted octanol–water partition coefficient (Wildman–Crippen LogP) is 0.597. The molecule has 0 unspecified atom stereocenters. The number of anilines is 1. The minimum absolute atomic E-state index is 0.0165. The number of rotatable bonds is 7. The second kappa shape index (κ2) is 6.87. The zero-order valence-corrected chi connectivity index (χ0v) is 9.89. The number of esters is 1. The van der Waals surface area contributed by atoms with Gasteiger partial charge in [-0.05, 0) is 6.92 Å². The first-order chi connectivity index (χ1) is 8.19. The molecular formula is C10H16N2O5. The normalized spacial score (nSPS) is 10.5. The van der Waals surface area contributed by atoms with Gasteiger partial charge in [-0.3, -0.25) is 0 Å². The minimum Gasteiger partial charge on any atom is -0.461 e. The number of nitrogens with two attached hydrogens (primary N) is 1. The van der Waals surface area contributed by atoms with Crippen LogP contribution in [0.15, 0.2) is 4.42 Å². The second-order valence-electron chi connectivity index (χ2n) is 3.09. The van der Waals surface area contributed by atoms with Gasteiger partial charge in [0.05, 0.1) is 19.8 Å². The third-order valence-corrected chi connectivity index (χ3v) is 1.82. The smallest absolute Gasteiger partial charge is 0.362 e. The van der Waals surface area contributed by atoms with E-state index >= 15 is 0 Å². The van der Waals surface area contributed by atoms with Gasteiger partial charge >= 0.3 is 5.97 Å². The fourth-order valence-corrected chi connectivity index (χ4v) is 1.09. The molecule has 0 spiro atoms. The van der Waals surface area contributed by atoms with E-state index in [2.05, 4.69) is 4.98 Å². The van der Waals surface area contributed by atoms with Crippen LogP contribution in [-0.2, 0) is 20.8 Å². The van der Waals surface area contributed by atoms with E-state index in [9.17, 15) is 4.79 Å². The van der Waals surface area contributed by atoms with Crippen molar-refractivity contribution < 1.29 is 23.4 Å². The highest BCUT2D eigenvalue weighted by molar-refractivity contribution is 5.91. The zero-order valence-electron chi connectivity index (χ0n) is 9.89. The fourth-order valence-electron chi connectivity index (χ4n) is 1.09. The van der Waals surface area contributed by atoms with Crippen molar-refractivity contribution in [3.63, 3.8) is 0 Å². The molecule has 0 amide bonds. The van der Waals surface area contributed by atoms with Crippen LogP contribution < -0.4 is 5.73 Å².